The second kappa shape index (κ2) is 3.63. The van der Waals surface area contributed by atoms with E-state index in [4.69, 9.17) is 4.52 Å². The van der Waals surface area contributed by atoms with Crippen molar-refractivity contribution >= 4 is 11.0 Å². The minimum atomic E-state index is -1.64. The van der Waals surface area contributed by atoms with E-state index in [1.54, 1.807) is 18.5 Å². The molecule has 18 heavy (non-hydrogen) atoms. The molecule has 0 aliphatic rings. The number of H-pyrrole nitrogens is 1. The number of aromatic amines is 1. The van der Waals surface area contributed by atoms with Crippen molar-refractivity contribution in [3.63, 3.8) is 0 Å². The molecule has 0 unspecified atom stereocenters. The molecule has 0 saturated carbocycles. The van der Waals surface area contributed by atoms with Crippen molar-refractivity contribution in [2.24, 2.45) is 0 Å². The zero-order chi connectivity index (χ0) is 12.8. The molecular weight excluding hydrogens is 235 g/mol. The van der Waals surface area contributed by atoms with Crippen LogP contribution in [0.15, 0.2) is 29.0 Å². The SMILES string of the molecule is CC(C)(F)c1nc(-c2ccnc3[nH]ccc23)no1. The van der Waals surface area contributed by atoms with Gasteiger partial charge in [0.2, 0.25) is 5.82 Å². The van der Waals surface area contributed by atoms with Crippen LogP contribution in [-0.2, 0) is 5.67 Å². The first-order chi connectivity index (χ1) is 8.55. The van der Waals surface area contributed by atoms with Crippen LogP contribution in [0, 0.1) is 0 Å². The van der Waals surface area contributed by atoms with Crippen molar-refractivity contribution in [2.75, 3.05) is 0 Å². The van der Waals surface area contributed by atoms with Crippen molar-refractivity contribution in [3.8, 4) is 11.4 Å². The molecule has 3 aromatic heterocycles. The number of hydrogen-bond acceptors (Lipinski definition) is 4. The molecule has 0 aliphatic heterocycles. The lowest BCUT2D eigenvalue weighted by atomic mass is 10.1. The molecule has 0 bridgehead atoms. The Balaban J connectivity index is 2.15. The molecule has 3 heterocycles. The van der Waals surface area contributed by atoms with Gasteiger partial charge in [-0.2, -0.15) is 4.98 Å². The number of halogens is 1. The molecule has 6 heteroatoms. The van der Waals surface area contributed by atoms with Crippen molar-refractivity contribution < 1.29 is 8.91 Å². The summed E-state index contributed by atoms with van der Waals surface area (Å²) >= 11 is 0. The predicted octanol–water partition coefficient (Wildman–Crippen LogP) is 2.82. The van der Waals surface area contributed by atoms with Gasteiger partial charge < -0.3 is 9.51 Å². The number of pyridine rings is 1. The Morgan fingerprint density at radius 1 is 1.33 bits per heavy atom. The van der Waals surface area contributed by atoms with Crippen LogP contribution < -0.4 is 0 Å². The molecule has 0 aromatic carbocycles. The molecule has 0 aliphatic carbocycles. The highest BCUT2D eigenvalue weighted by Gasteiger charge is 2.27. The Labute approximate surface area is 102 Å². The van der Waals surface area contributed by atoms with Gasteiger partial charge in [0.15, 0.2) is 5.67 Å². The lowest BCUT2D eigenvalue weighted by molar-refractivity contribution is 0.155. The topological polar surface area (TPSA) is 67.6 Å². The number of hydrogen-bond donors (Lipinski definition) is 1. The summed E-state index contributed by atoms with van der Waals surface area (Å²) in [5.74, 6) is 0.334. The van der Waals surface area contributed by atoms with Gasteiger partial charge in [-0.1, -0.05) is 5.16 Å². The monoisotopic (exact) mass is 246 g/mol. The zero-order valence-corrected chi connectivity index (χ0v) is 9.94. The van der Waals surface area contributed by atoms with Crippen LogP contribution in [0.1, 0.15) is 19.7 Å². The third-order valence-electron chi connectivity index (χ3n) is 2.64. The maximum atomic E-state index is 13.7. The molecule has 0 amide bonds. The molecule has 3 aromatic rings. The van der Waals surface area contributed by atoms with Gasteiger partial charge >= 0.3 is 0 Å². The highest BCUT2D eigenvalue weighted by molar-refractivity contribution is 5.90. The lowest BCUT2D eigenvalue weighted by Gasteiger charge is -2.05. The predicted molar refractivity (Wildman–Crippen MR) is 63.5 cm³/mol. The number of nitrogens with zero attached hydrogens (tertiary/aromatic N) is 3. The lowest BCUT2D eigenvalue weighted by Crippen LogP contribution is -2.09. The fourth-order valence-corrected chi connectivity index (χ4v) is 1.73. The van der Waals surface area contributed by atoms with Crippen molar-refractivity contribution in [2.45, 2.75) is 19.5 Å². The van der Waals surface area contributed by atoms with Crippen LogP contribution >= 0.6 is 0 Å². The molecule has 0 fully saturated rings. The van der Waals surface area contributed by atoms with Gasteiger partial charge in [-0.15, -0.1) is 0 Å². The fourth-order valence-electron chi connectivity index (χ4n) is 1.73. The molecule has 0 atom stereocenters. The first-order valence-corrected chi connectivity index (χ1v) is 5.51. The highest BCUT2D eigenvalue weighted by Crippen LogP contribution is 2.28. The standard InChI is InChI=1S/C12H11FN4O/c1-12(2,13)11-16-10(17-18-11)8-4-6-15-9-7(8)3-5-14-9/h3-6H,1-2H3,(H,14,15). The second-order valence-corrected chi connectivity index (χ2v) is 4.49. The van der Waals surface area contributed by atoms with Gasteiger partial charge in [0.25, 0.3) is 5.89 Å². The molecule has 0 saturated heterocycles. The summed E-state index contributed by atoms with van der Waals surface area (Å²) in [6, 6.07) is 3.64. The Kier molecular flexibility index (Phi) is 2.19. The highest BCUT2D eigenvalue weighted by atomic mass is 19.1. The summed E-state index contributed by atoms with van der Waals surface area (Å²) < 4.78 is 18.6. The minimum absolute atomic E-state index is 0.0296. The number of nitrogens with one attached hydrogen (secondary N) is 1. The van der Waals surface area contributed by atoms with Crippen LogP contribution in [0.25, 0.3) is 22.4 Å². The largest absolute Gasteiger partial charge is 0.346 e. The quantitative estimate of drug-likeness (QED) is 0.755. The van der Waals surface area contributed by atoms with E-state index in [0.717, 1.165) is 16.6 Å². The average molecular weight is 246 g/mol. The van der Waals surface area contributed by atoms with Gasteiger partial charge in [0.05, 0.1) is 0 Å². The van der Waals surface area contributed by atoms with Crippen molar-refractivity contribution in [1.29, 1.82) is 0 Å². The van der Waals surface area contributed by atoms with E-state index in [1.165, 1.54) is 13.8 Å². The van der Waals surface area contributed by atoms with E-state index in [-0.39, 0.29) is 5.89 Å². The molecule has 0 radical (unpaired) electrons. The third-order valence-corrected chi connectivity index (χ3v) is 2.64. The molecule has 92 valence electrons. The number of aromatic nitrogens is 4. The Hall–Kier alpha value is -2.24. The van der Waals surface area contributed by atoms with E-state index in [0.29, 0.717) is 5.82 Å². The number of fused-ring (bicyclic) bond motifs is 1. The summed E-state index contributed by atoms with van der Waals surface area (Å²) in [4.78, 5) is 11.2. The van der Waals surface area contributed by atoms with E-state index >= 15 is 0 Å². The van der Waals surface area contributed by atoms with Crippen LogP contribution in [0.4, 0.5) is 4.39 Å². The van der Waals surface area contributed by atoms with Gasteiger partial charge in [-0.3, -0.25) is 0 Å². The van der Waals surface area contributed by atoms with Crippen LogP contribution in [0.2, 0.25) is 0 Å². The smallest absolute Gasteiger partial charge is 0.264 e. The maximum absolute atomic E-state index is 13.7. The van der Waals surface area contributed by atoms with Crippen LogP contribution in [0.3, 0.4) is 0 Å². The fraction of sp³-hybridized carbons (Fsp3) is 0.250. The maximum Gasteiger partial charge on any atom is 0.264 e. The third kappa shape index (κ3) is 1.66. The van der Waals surface area contributed by atoms with E-state index in [9.17, 15) is 4.39 Å². The summed E-state index contributed by atoms with van der Waals surface area (Å²) in [5.41, 5.74) is -0.144. The van der Waals surface area contributed by atoms with Crippen molar-refractivity contribution in [3.05, 3.63) is 30.4 Å². The van der Waals surface area contributed by atoms with Crippen LogP contribution in [-0.4, -0.2) is 20.1 Å². The number of rotatable bonds is 2. The molecule has 3 rings (SSSR count). The van der Waals surface area contributed by atoms with Gasteiger partial charge in [-0.25, -0.2) is 9.37 Å². The normalized spacial score (nSPS) is 12.2. The summed E-state index contributed by atoms with van der Waals surface area (Å²) in [6.07, 6.45) is 3.42. The number of alkyl halides is 1. The van der Waals surface area contributed by atoms with E-state index in [1.807, 2.05) is 6.07 Å². The first kappa shape index (κ1) is 10.9. The van der Waals surface area contributed by atoms with E-state index in [2.05, 4.69) is 20.1 Å². The Morgan fingerprint density at radius 3 is 2.89 bits per heavy atom. The average Bonchev–Trinajstić information content (AvgIpc) is 2.96. The second-order valence-electron chi connectivity index (χ2n) is 4.49. The summed E-state index contributed by atoms with van der Waals surface area (Å²) in [5, 5.41) is 4.69. The van der Waals surface area contributed by atoms with Gasteiger partial charge in [0, 0.05) is 23.3 Å². The molecule has 5 nitrogen and oxygen atoms in total. The molecule has 1 N–H and O–H groups in total. The van der Waals surface area contributed by atoms with Gasteiger partial charge in [0.1, 0.15) is 5.65 Å². The first-order valence-electron chi connectivity index (χ1n) is 5.51. The molecule has 0 spiro atoms. The summed E-state index contributed by atoms with van der Waals surface area (Å²) in [6.45, 7) is 2.76. The van der Waals surface area contributed by atoms with E-state index < -0.39 is 5.67 Å². The van der Waals surface area contributed by atoms with Crippen LogP contribution in [0.5, 0.6) is 0 Å². The Bertz CT molecular complexity index is 695. The van der Waals surface area contributed by atoms with Gasteiger partial charge in [-0.05, 0) is 26.0 Å². The zero-order valence-electron chi connectivity index (χ0n) is 9.94. The Morgan fingerprint density at radius 2 is 2.17 bits per heavy atom. The minimum Gasteiger partial charge on any atom is -0.346 e. The molecular formula is C12H11FN4O. The summed E-state index contributed by atoms with van der Waals surface area (Å²) in [7, 11) is 0. The van der Waals surface area contributed by atoms with Crippen molar-refractivity contribution in [1.82, 2.24) is 20.1 Å².